The number of esters is 1. The lowest BCUT2D eigenvalue weighted by atomic mass is 9.76. The van der Waals surface area contributed by atoms with Gasteiger partial charge in [-0.2, -0.15) is 8.78 Å². The van der Waals surface area contributed by atoms with E-state index in [0.717, 1.165) is 25.7 Å². The standard InChI is InChI=1S/C30H34F4O3/c1-3-5-18-6-8-19(9-7-18)22-14-15-23(27(32)26(22)31)20-10-12-21(13-11-20)30(35)37-25-17-16-24(36-4-2)28(33)29(25)34/h3,5,14-21H,4,6-13H2,1-2H3/b5-3+. The molecule has 0 unspecified atom stereocenters. The molecule has 37 heavy (non-hydrogen) atoms. The highest BCUT2D eigenvalue weighted by molar-refractivity contribution is 5.75. The average molecular weight is 519 g/mol. The first-order valence-corrected chi connectivity index (χ1v) is 13.3. The van der Waals surface area contributed by atoms with E-state index >= 15 is 8.78 Å². The Bertz CT molecular complexity index is 1130. The molecule has 0 heterocycles. The summed E-state index contributed by atoms with van der Waals surface area (Å²) in [6.07, 6.45) is 9.62. The van der Waals surface area contributed by atoms with E-state index in [1.165, 1.54) is 12.1 Å². The lowest BCUT2D eigenvalue weighted by Crippen LogP contribution is -2.26. The Hall–Kier alpha value is -2.83. The fourth-order valence-corrected chi connectivity index (χ4v) is 5.80. The molecule has 7 heteroatoms. The number of allylic oxidation sites excluding steroid dienone is 2. The third-order valence-electron chi connectivity index (χ3n) is 7.84. The number of halogens is 4. The Balaban J connectivity index is 1.36. The Morgan fingerprint density at radius 3 is 1.84 bits per heavy atom. The molecule has 2 fully saturated rings. The first kappa shape index (κ1) is 27.2. The largest absolute Gasteiger partial charge is 0.491 e. The third-order valence-corrected chi connectivity index (χ3v) is 7.84. The molecule has 2 saturated carbocycles. The molecule has 3 nitrogen and oxygen atoms in total. The van der Waals surface area contributed by atoms with E-state index in [1.54, 1.807) is 19.1 Å². The van der Waals surface area contributed by atoms with Crippen molar-refractivity contribution in [3.05, 3.63) is 70.8 Å². The van der Waals surface area contributed by atoms with Gasteiger partial charge in [-0.3, -0.25) is 4.79 Å². The topological polar surface area (TPSA) is 35.5 Å². The summed E-state index contributed by atoms with van der Waals surface area (Å²) < 4.78 is 68.8. The second kappa shape index (κ2) is 12.1. The second-order valence-corrected chi connectivity index (χ2v) is 10.1. The van der Waals surface area contributed by atoms with Crippen molar-refractivity contribution in [3.63, 3.8) is 0 Å². The van der Waals surface area contributed by atoms with E-state index < -0.39 is 40.9 Å². The molecule has 0 saturated heterocycles. The number of rotatable bonds is 7. The summed E-state index contributed by atoms with van der Waals surface area (Å²) in [7, 11) is 0. The van der Waals surface area contributed by atoms with Gasteiger partial charge < -0.3 is 9.47 Å². The predicted octanol–water partition coefficient (Wildman–Crippen LogP) is 8.37. The molecular weight excluding hydrogens is 484 g/mol. The van der Waals surface area contributed by atoms with Gasteiger partial charge in [-0.25, -0.2) is 8.78 Å². The van der Waals surface area contributed by atoms with Crippen LogP contribution in [0.15, 0.2) is 36.4 Å². The van der Waals surface area contributed by atoms with Crippen molar-refractivity contribution in [1.29, 1.82) is 0 Å². The molecule has 0 N–H and O–H groups in total. The smallest absolute Gasteiger partial charge is 0.314 e. The molecule has 200 valence electrons. The minimum atomic E-state index is -1.28. The zero-order valence-electron chi connectivity index (χ0n) is 21.4. The van der Waals surface area contributed by atoms with Crippen LogP contribution in [-0.2, 0) is 4.79 Å². The van der Waals surface area contributed by atoms with E-state index in [2.05, 4.69) is 6.08 Å². The van der Waals surface area contributed by atoms with Gasteiger partial charge >= 0.3 is 5.97 Å². The Morgan fingerprint density at radius 2 is 1.30 bits per heavy atom. The van der Waals surface area contributed by atoms with Crippen molar-refractivity contribution in [2.24, 2.45) is 11.8 Å². The molecule has 0 bridgehead atoms. The number of carbonyl (C=O) groups is 1. The van der Waals surface area contributed by atoms with Gasteiger partial charge in [-0.05, 0) is 106 Å². The Kier molecular flexibility index (Phi) is 8.93. The summed E-state index contributed by atoms with van der Waals surface area (Å²) in [5.74, 6) is -5.60. The van der Waals surface area contributed by atoms with Crippen LogP contribution in [0.4, 0.5) is 17.6 Å². The van der Waals surface area contributed by atoms with Gasteiger partial charge in [-0.1, -0.05) is 24.3 Å². The molecule has 2 aromatic carbocycles. The van der Waals surface area contributed by atoms with Gasteiger partial charge in [0.25, 0.3) is 0 Å². The molecule has 0 aliphatic heterocycles. The van der Waals surface area contributed by atoms with E-state index in [1.807, 2.05) is 13.0 Å². The van der Waals surface area contributed by atoms with Crippen molar-refractivity contribution in [2.75, 3.05) is 6.61 Å². The van der Waals surface area contributed by atoms with E-state index in [0.29, 0.717) is 42.7 Å². The van der Waals surface area contributed by atoms with Crippen LogP contribution in [0.1, 0.15) is 88.2 Å². The van der Waals surface area contributed by atoms with E-state index in [4.69, 9.17) is 9.47 Å². The lowest BCUT2D eigenvalue weighted by molar-refractivity contribution is -0.140. The molecule has 0 spiro atoms. The second-order valence-electron chi connectivity index (χ2n) is 10.1. The molecule has 2 aromatic rings. The summed E-state index contributed by atoms with van der Waals surface area (Å²) in [5, 5.41) is 0. The van der Waals surface area contributed by atoms with Gasteiger partial charge in [0.05, 0.1) is 12.5 Å². The lowest BCUT2D eigenvalue weighted by Gasteiger charge is -2.30. The van der Waals surface area contributed by atoms with Crippen LogP contribution in [0.3, 0.4) is 0 Å². The van der Waals surface area contributed by atoms with Crippen molar-refractivity contribution in [3.8, 4) is 11.5 Å². The maximum atomic E-state index is 15.1. The van der Waals surface area contributed by atoms with Crippen molar-refractivity contribution < 1.29 is 31.8 Å². The van der Waals surface area contributed by atoms with E-state index in [9.17, 15) is 13.6 Å². The van der Waals surface area contributed by atoms with Gasteiger partial charge in [0.1, 0.15) is 0 Å². The molecular formula is C30H34F4O3. The predicted molar refractivity (Wildman–Crippen MR) is 134 cm³/mol. The summed E-state index contributed by atoms with van der Waals surface area (Å²) in [5.41, 5.74) is 0.803. The fraction of sp³-hybridized carbons (Fsp3) is 0.500. The van der Waals surface area contributed by atoms with Crippen molar-refractivity contribution >= 4 is 5.97 Å². The van der Waals surface area contributed by atoms with Gasteiger partial charge in [0, 0.05) is 0 Å². The summed E-state index contributed by atoms with van der Waals surface area (Å²) in [6.45, 7) is 3.82. The highest BCUT2D eigenvalue weighted by atomic mass is 19.2. The normalized spacial score (nSPS) is 24.3. The highest BCUT2D eigenvalue weighted by Crippen LogP contribution is 2.42. The van der Waals surface area contributed by atoms with Crippen LogP contribution in [0.2, 0.25) is 0 Å². The van der Waals surface area contributed by atoms with Crippen molar-refractivity contribution in [2.45, 2.75) is 77.0 Å². The minimum absolute atomic E-state index is 0.0309. The van der Waals surface area contributed by atoms with Gasteiger partial charge in [0.2, 0.25) is 11.6 Å². The van der Waals surface area contributed by atoms with Gasteiger partial charge in [-0.15, -0.1) is 0 Å². The third kappa shape index (κ3) is 6.02. The zero-order valence-corrected chi connectivity index (χ0v) is 21.4. The van der Waals surface area contributed by atoms with Crippen LogP contribution >= 0.6 is 0 Å². The highest BCUT2D eigenvalue weighted by Gasteiger charge is 2.32. The SMILES string of the molecule is C/C=C/C1CCC(c2ccc(C3CCC(C(=O)Oc4ccc(OCC)c(F)c4F)CC3)c(F)c2F)CC1. The van der Waals surface area contributed by atoms with Crippen LogP contribution in [-0.4, -0.2) is 12.6 Å². The van der Waals surface area contributed by atoms with Crippen molar-refractivity contribution in [1.82, 2.24) is 0 Å². The Labute approximate surface area is 215 Å². The van der Waals surface area contributed by atoms with Crippen LogP contribution in [0, 0.1) is 35.1 Å². The summed E-state index contributed by atoms with van der Waals surface area (Å²) >= 11 is 0. The first-order chi connectivity index (χ1) is 17.8. The molecule has 2 aliphatic rings. The summed E-state index contributed by atoms with van der Waals surface area (Å²) in [6, 6.07) is 5.82. The number of hydrogen-bond donors (Lipinski definition) is 0. The molecule has 2 aliphatic carbocycles. The van der Waals surface area contributed by atoms with Crippen LogP contribution in [0.25, 0.3) is 0 Å². The number of benzene rings is 2. The van der Waals surface area contributed by atoms with Gasteiger partial charge in [0.15, 0.2) is 23.1 Å². The molecule has 0 atom stereocenters. The maximum Gasteiger partial charge on any atom is 0.314 e. The first-order valence-electron chi connectivity index (χ1n) is 13.3. The number of hydrogen-bond acceptors (Lipinski definition) is 3. The van der Waals surface area contributed by atoms with Crippen LogP contribution < -0.4 is 9.47 Å². The number of ether oxygens (including phenoxy) is 2. The monoisotopic (exact) mass is 518 g/mol. The van der Waals surface area contributed by atoms with E-state index in [-0.39, 0.29) is 24.2 Å². The zero-order chi connectivity index (χ0) is 26.5. The maximum absolute atomic E-state index is 15.1. The molecule has 4 rings (SSSR count). The quantitative estimate of drug-likeness (QED) is 0.160. The van der Waals surface area contributed by atoms with Crippen LogP contribution in [0.5, 0.6) is 11.5 Å². The molecule has 0 amide bonds. The average Bonchev–Trinajstić information content (AvgIpc) is 2.91. The summed E-state index contributed by atoms with van der Waals surface area (Å²) in [4.78, 5) is 12.6. The number of carbonyl (C=O) groups excluding carboxylic acids is 1. The molecule has 0 radical (unpaired) electrons. The fourth-order valence-electron chi connectivity index (χ4n) is 5.80. The Morgan fingerprint density at radius 1 is 0.784 bits per heavy atom. The molecule has 0 aromatic heterocycles. The minimum Gasteiger partial charge on any atom is -0.491 e.